The summed E-state index contributed by atoms with van der Waals surface area (Å²) in [5, 5.41) is 10.7. The van der Waals surface area contributed by atoms with Crippen LogP contribution < -0.4 is 4.74 Å². The van der Waals surface area contributed by atoms with Crippen molar-refractivity contribution < 1.29 is 31.8 Å². The number of ether oxygens (including phenoxy) is 2. The van der Waals surface area contributed by atoms with Crippen molar-refractivity contribution in [3.8, 4) is 5.75 Å². The molecule has 1 saturated heterocycles. The molecule has 0 saturated carbocycles. The minimum atomic E-state index is -3.69. The van der Waals surface area contributed by atoms with E-state index in [1.54, 1.807) is 12.1 Å². The first kappa shape index (κ1) is 22.5. The third kappa shape index (κ3) is 6.66. The maximum Gasteiger partial charge on any atom is 0.410 e. The average Bonchev–Trinajstić information content (AvgIpc) is 3.12. The predicted octanol–water partition coefficient (Wildman–Crippen LogP) is 2.73. The monoisotopic (exact) mass is 450 g/mol. The van der Waals surface area contributed by atoms with Gasteiger partial charge in [0.1, 0.15) is 19.0 Å². The van der Waals surface area contributed by atoms with Crippen LogP contribution in [0.4, 0.5) is 10.5 Å². The number of likely N-dealkylation sites (tertiary alicyclic amines) is 1. The van der Waals surface area contributed by atoms with E-state index in [4.69, 9.17) is 13.7 Å². The average molecular weight is 450 g/mol. The normalized spacial score (nSPS) is 18.5. The smallest absolute Gasteiger partial charge is 0.410 e. The van der Waals surface area contributed by atoms with Crippen LogP contribution in [-0.2, 0) is 25.6 Å². The molecule has 0 bridgehead atoms. The van der Waals surface area contributed by atoms with E-state index >= 15 is 0 Å². The lowest BCUT2D eigenvalue weighted by Crippen LogP contribution is -2.39. The van der Waals surface area contributed by atoms with E-state index in [2.05, 4.69) is 0 Å². The summed E-state index contributed by atoms with van der Waals surface area (Å²) < 4.78 is 39.1. The highest BCUT2D eigenvalue weighted by Crippen LogP contribution is 2.24. The number of benzene rings is 2. The van der Waals surface area contributed by atoms with Crippen LogP contribution in [0.5, 0.6) is 5.75 Å². The highest BCUT2D eigenvalue weighted by molar-refractivity contribution is 7.86. The molecule has 10 nitrogen and oxygen atoms in total. The van der Waals surface area contributed by atoms with Crippen LogP contribution in [0.3, 0.4) is 0 Å². The third-order valence-corrected chi connectivity index (χ3v) is 5.24. The van der Waals surface area contributed by atoms with Crippen molar-refractivity contribution in [1.82, 2.24) is 4.90 Å². The molecule has 0 aliphatic carbocycles. The van der Waals surface area contributed by atoms with Gasteiger partial charge in [0.25, 0.3) is 15.8 Å². The molecule has 1 aliphatic heterocycles. The van der Waals surface area contributed by atoms with Gasteiger partial charge in [-0.05, 0) is 29.8 Å². The van der Waals surface area contributed by atoms with Crippen molar-refractivity contribution >= 4 is 21.9 Å². The Morgan fingerprint density at radius 1 is 1.16 bits per heavy atom. The second-order valence-electron chi connectivity index (χ2n) is 7.07. The fourth-order valence-electron chi connectivity index (χ4n) is 3.22. The Labute approximate surface area is 179 Å². The zero-order valence-electron chi connectivity index (χ0n) is 16.7. The number of nitrogens with zero attached hydrogens (tertiary/aromatic N) is 2. The van der Waals surface area contributed by atoms with Gasteiger partial charge in [-0.3, -0.25) is 19.2 Å². The standard InChI is InChI=1S/C20H22N2O8S/c1-31(26,27)30-19-11-17(14-28-18-5-3-2-4-6-18)21(12-19)20(23)29-13-15-7-9-16(10-8-15)22(24)25/h2-10,17,19H,11-14H2,1H3/t17-,19+/m0/s1. The van der Waals surface area contributed by atoms with Gasteiger partial charge < -0.3 is 9.47 Å². The maximum atomic E-state index is 12.7. The van der Waals surface area contributed by atoms with Gasteiger partial charge in [0, 0.05) is 18.6 Å². The van der Waals surface area contributed by atoms with Crippen molar-refractivity contribution in [3.63, 3.8) is 0 Å². The molecule has 0 radical (unpaired) electrons. The highest BCUT2D eigenvalue weighted by Gasteiger charge is 2.39. The number of amides is 1. The van der Waals surface area contributed by atoms with E-state index in [-0.39, 0.29) is 31.9 Å². The summed E-state index contributed by atoms with van der Waals surface area (Å²) in [6.45, 7) is 0.0897. The van der Waals surface area contributed by atoms with Crippen LogP contribution >= 0.6 is 0 Å². The second-order valence-corrected chi connectivity index (χ2v) is 8.67. The molecule has 31 heavy (non-hydrogen) atoms. The minimum Gasteiger partial charge on any atom is -0.491 e. The molecular formula is C20H22N2O8S. The van der Waals surface area contributed by atoms with Crippen LogP contribution in [0.1, 0.15) is 12.0 Å². The zero-order chi connectivity index (χ0) is 22.4. The molecule has 0 unspecified atom stereocenters. The first-order valence-electron chi connectivity index (χ1n) is 9.44. The Bertz CT molecular complexity index is 1010. The Hall–Kier alpha value is -3.18. The molecule has 11 heteroatoms. The second kappa shape index (κ2) is 9.75. The number of para-hydroxylation sites is 1. The molecule has 0 spiro atoms. The van der Waals surface area contributed by atoms with E-state index in [0.29, 0.717) is 11.3 Å². The van der Waals surface area contributed by atoms with Crippen LogP contribution in [0.2, 0.25) is 0 Å². The van der Waals surface area contributed by atoms with E-state index < -0.39 is 33.3 Å². The quantitative estimate of drug-likeness (QED) is 0.341. The van der Waals surface area contributed by atoms with Crippen LogP contribution in [0.15, 0.2) is 54.6 Å². The minimum absolute atomic E-state index is 0.0367. The number of rotatable bonds is 8. The van der Waals surface area contributed by atoms with Crippen LogP contribution in [0, 0.1) is 10.1 Å². The summed E-state index contributed by atoms with van der Waals surface area (Å²) in [5.41, 5.74) is 0.521. The first-order chi connectivity index (χ1) is 14.7. The molecular weight excluding hydrogens is 428 g/mol. The molecule has 1 fully saturated rings. The summed E-state index contributed by atoms with van der Waals surface area (Å²) in [4.78, 5) is 24.3. The van der Waals surface area contributed by atoms with Crippen molar-refractivity contribution in [3.05, 3.63) is 70.3 Å². The molecule has 2 aromatic carbocycles. The number of non-ortho nitro benzene ring substituents is 1. The predicted molar refractivity (Wildman–Crippen MR) is 110 cm³/mol. The fourth-order valence-corrected chi connectivity index (χ4v) is 3.86. The zero-order valence-corrected chi connectivity index (χ0v) is 17.6. The largest absolute Gasteiger partial charge is 0.491 e. The highest BCUT2D eigenvalue weighted by atomic mass is 32.2. The molecule has 1 amide bonds. The van der Waals surface area contributed by atoms with E-state index in [9.17, 15) is 23.3 Å². The lowest BCUT2D eigenvalue weighted by Gasteiger charge is -2.23. The van der Waals surface area contributed by atoms with Gasteiger partial charge in [-0.15, -0.1) is 0 Å². The molecule has 1 heterocycles. The lowest BCUT2D eigenvalue weighted by molar-refractivity contribution is -0.384. The Morgan fingerprint density at radius 2 is 1.84 bits per heavy atom. The SMILES string of the molecule is CS(=O)(=O)O[C@@H]1C[C@@H](COc2ccccc2)N(C(=O)OCc2ccc([N+](=O)[O-])cc2)C1. The topological polar surface area (TPSA) is 125 Å². The number of carbonyl (C=O) groups excluding carboxylic acids is 1. The third-order valence-electron chi connectivity index (χ3n) is 4.62. The summed E-state index contributed by atoms with van der Waals surface area (Å²) in [6.07, 6.45) is -0.129. The summed E-state index contributed by atoms with van der Waals surface area (Å²) in [7, 11) is -3.69. The number of nitro groups is 1. The molecule has 2 atom stereocenters. The van der Waals surface area contributed by atoms with Gasteiger partial charge in [0.15, 0.2) is 0 Å². The Morgan fingerprint density at radius 3 is 2.45 bits per heavy atom. The molecule has 0 aromatic heterocycles. The number of hydrogen-bond acceptors (Lipinski definition) is 8. The van der Waals surface area contributed by atoms with Crippen molar-refractivity contribution in [2.75, 3.05) is 19.4 Å². The maximum absolute atomic E-state index is 12.7. The van der Waals surface area contributed by atoms with Gasteiger partial charge in [0.2, 0.25) is 0 Å². The van der Waals surface area contributed by atoms with Gasteiger partial charge in [-0.2, -0.15) is 8.42 Å². The summed E-state index contributed by atoms with van der Waals surface area (Å²) in [6, 6.07) is 14.2. The first-order valence-corrected chi connectivity index (χ1v) is 11.3. The van der Waals surface area contributed by atoms with Crippen molar-refractivity contribution in [2.24, 2.45) is 0 Å². The van der Waals surface area contributed by atoms with Gasteiger partial charge in [-0.1, -0.05) is 18.2 Å². The fraction of sp³-hybridized carbons (Fsp3) is 0.350. The Kier molecular flexibility index (Phi) is 7.08. The van der Waals surface area contributed by atoms with E-state index in [1.807, 2.05) is 18.2 Å². The van der Waals surface area contributed by atoms with Crippen LogP contribution in [-0.4, -0.2) is 55.9 Å². The lowest BCUT2D eigenvalue weighted by atomic mass is 10.2. The van der Waals surface area contributed by atoms with Crippen LogP contribution in [0.25, 0.3) is 0 Å². The number of nitro benzene ring substituents is 1. The molecule has 3 rings (SSSR count). The molecule has 166 valence electrons. The van der Waals surface area contributed by atoms with E-state index in [1.165, 1.54) is 29.2 Å². The Balaban J connectivity index is 1.63. The van der Waals surface area contributed by atoms with Crippen molar-refractivity contribution in [1.29, 1.82) is 0 Å². The molecule has 1 aliphatic rings. The van der Waals surface area contributed by atoms with Gasteiger partial charge in [0.05, 0.1) is 29.9 Å². The number of carbonyl (C=O) groups is 1. The summed E-state index contributed by atoms with van der Waals surface area (Å²) >= 11 is 0. The van der Waals surface area contributed by atoms with Gasteiger partial charge in [-0.25, -0.2) is 4.79 Å². The van der Waals surface area contributed by atoms with Crippen molar-refractivity contribution in [2.45, 2.75) is 25.2 Å². The molecule has 2 aromatic rings. The molecule has 0 N–H and O–H groups in total. The van der Waals surface area contributed by atoms with Gasteiger partial charge >= 0.3 is 6.09 Å². The summed E-state index contributed by atoms with van der Waals surface area (Å²) in [5.74, 6) is 0.620. The number of hydrogen-bond donors (Lipinski definition) is 0. The van der Waals surface area contributed by atoms with E-state index in [0.717, 1.165) is 6.26 Å².